The lowest BCUT2D eigenvalue weighted by Gasteiger charge is -2.34. The minimum Gasteiger partial charge on any atom is -0.396 e. The number of rotatable bonds is 7. The Morgan fingerprint density at radius 1 is 1.43 bits per heavy atom. The molecule has 0 heterocycles. The van der Waals surface area contributed by atoms with Gasteiger partial charge in [-0.15, -0.1) is 0 Å². The largest absolute Gasteiger partial charge is 0.396 e. The van der Waals surface area contributed by atoms with Gasteiger partial charge in [0.1, 0.15) is 0 Å². The van der Waals surface area contributed by atoms with Crippen LogP contribution in [0.2, 0.25) is 0 Å². The van der Waals surface area contributed by atoms with Crippen LogP contribution in [0.3, 0.4) is 0 Å². The number of hydrogen-bond donors (Lipinski definition) is 2. The van der Waals surface area contributed by atoms with Crippen LogP contribution in [0.1, 0.15) is 52.9 Å². The molecule has 0 spiro atoms. The van der Waals surface area contributed by atoms with E-state index >= 15 is 0 Å². The zero-order valence-corrected chi connectivity index (χ0v) is 9.84. The summed E-state index contributed by atoms with van der Waals surface area (Å²) in [6, 6.07) is 0.673. The fourth-order valence-electron chi connectivity index (χ4n) is 2.10. The van der Waals surface area contributed by atoms with Crippen molar-refractivity contribution < 1.29 is 5.11 Å². The first kappa shape index (κ1) is 12.0. The van der Waals surface area contributed by atoms with E-state index in [1.165, 1.54) is 19.3 Å². The molecule has 1 fully saturated rings. The number of aliphatic hydroxyl groups is 1. The van der Waals surface area contributed by atoms with Crippen molar-refractivity contribution in [3.05, 3.63) is 0 Å². The fourth-order valence-corrected chi connectivity index (χ4v) is 2.10. The van der Waals surface area contributed by atoms with Crippen molar-refractivity contribution in [1.29, 1.82) is 0 Å². The van der Waals surface area contributed by atoms with Crippen LogP contribution in [0.5, 0.6) is 0 Å². The van der Waals surface area contributed by atoms with Gasteiger partial charge in [0, 0.05) is 18.2 Å². The lowest BCUT2D eigenvalue weighted by atomic mass is 9.92. The van der Waals surface area contributed by atoms with Crippen molar-refractivity contribution in [2.24, 2.45) is 5.92 Å². The molecule has 1 aliphatic carbocycles. The molecular weight excluding hydrogens is 174 g/mol. The predicted octanol–water partition coefficient (Wildman–Crippen LogP) is 2.32. The van der Waals surface area contributed by atoms with Crippen molar-refractivity contribution in [2.75, 3.05) is 6.61 Å². The summed E-state index contributed by atoms with van der Waals surface area (Å²) in [6.45, 7) is 6.97. The highest BCUT2D eigenvalue weighted by Crippen LogP contribution is 2.35. The average Bonchev–Trinajstić information content (AvgIpc) is 2.98. The first-order chi connectivity index (χ1) is 6.65. The molecule has 0 aromatic heterocycles. The van der Waals surface area contributed by atoms with Gasteiger partial charge < -0.3 is 10.4 Å². The zero-order chi connectivity index (χ0) is 10.6. The Hall–Kier alpha value is -0.0800. The summed E-state index contributed by atoms with van der Waals surface area (Å²) in [5.74, 6) is 0.907. The number of nitrogens with one attached hydrogen (secondary N) is 1. The van der Waals surface area contributed by atoms with Gasteiger partial charge in [-0.3, -0.25) is 0 Å². The van der Waals surface area contributed by atoms with E-state index in [1.54, 1.807) is 0 Å². The van der Waals surface area contributed by atoms with Gasteiger partial charge in [-0.05, 0) is 44.9 Å². The molecule has 2 unspecified atom stereocenters. The van der Waals surface area contributed by atoms with Gasteiger partial charge in [0.25, 0.3) is 0 Å². The Balaban J connectivity index is 2.43. The summed E-state index contributed by atoms with van der Waals surface area (Å²) in [5.41, 5.74) is 0.137. The van der Waals surface area contributed by atoms with Gasteiger partial charge in [-0.2, -0.15) is 0 Å². The highest BCUT2D eigenvalue weighted by Gasteiger charge is 2.34. The second kappa shape index (κ2) is 5.13. The van der Waals surface area contributed by atoms with Crippen LogP contribution in [0.4, 0.5) is 0 Å². The maximum absolute atomic E-state index is 9.03. The molecule has 14 heavy (non-hydrogen) atoms. The predicted molar refractivity (Wildman–Crippen MR) is 60.3 cm³/mol. The minimum absolute atomic E-state index is 0.137. The molecule has 1 saturated carbocycles. The second-order valence-electron chi connectivity index (χ2n) is 4.88. The second-order valence-corrected chi connectivity index (χ2v) is 4.88. The van der Waals surface area contributed by atoms with Gasteiger partial charge >= 0.3 is 0 Å². The Morgan fingerprint density at radius 2 is 2.07 bits per heavy atom. The van der Waals surface area contributed by atoms with Crippen molar-refractivity contribution in [1.82, 2.24) is 5.32 Å². The maximum atomic E-state index is 9.03. The van der Waals surface area contributed by atoms with Crippen LogP contribution in [-0.2, 0) is 0 Å². The van der Waals surface area contributed by atoms with Gasteiger partial charge in [0.2, 0.25) is 0 Å². The molecule has 1 aliphatic rings. The van der Waals surface area contributed by atoms with Crippen LogP contribution in [0.15, 0.2) is 0 Å². The molecule has 1 rings (SSSR count). The van der Waals surface area contributed by atoms with Gasteiger partial charge in [0.15, 0.2) is 0 Å². The lowest BCUT2D eigenvalue weighted by molar-refractivity contribution is 0.195. The van der Waals surface area contributed by atoms with Crippen LogP contribution < -0.4 is 5.32 Å². The molecule has 2 N–H and O–H groups in total. The topological polar surface area (TPSA) is 32.3 Å². The molecule has 0 aliphatic heterocycles. The van der Waals surface area contributed by atoms with E-state index < -0.39 is 0 Å². The van der Waals surface area contributed by atoms with Gasteiger partial charge in [0.05, 0.1) is 0 Å². The first-order valence-electron chi connectivity index (χ1n) is 6.03. The van der Waals surface area contributed by atoms with Crippen molar-refractivity contribution in [2.45, 2.75) is 64.5 Å². The molecule has 2 nitrogen and oxygen atoms in total. The molecule has 2 heteroatoms. The van der Waals surface area contributed by atoms with Gasteiger partial charge in [-0.25, -0.2) is 0 Å². The summed E-state index contributed by atoms with van der Waals surface area (Å²) in [7, 11) is 0. The summed E-state index contributed by atoms with van der Waals surface area (Å²) >= 11 is 0. The fraction of sp³-hybridized carbons (Fsp3) is 1.00. The highest BCUT2D eigenvalue weighted by molar-refractivity contribution is 4.92. The summed E-state index contributed by atoms with van der Waals surface area (Å²) in [6.07, 6.45) is 5.96. The van der Waals surface area contributed by atoms with Crippen LogP contribution >= 0.6 is 0 Å². The Labute approximate surface area is 88.1 Å². The van der Waals surface area contributed by atoms with Gasteiger partial charge in [-0.1, -0.05) is 13.8 Å². The average molecular weight is 199 g/mol. The summed E-state index contributed by atoms with van der Waals surface area (Å²) < 4.78 is 0. The van der Waals surface area contributed by atoms with E-state index in [9.17, 15) is 0 Å². The maximum Gasteiger partial charge on any atom is 0.0448 e. The third-order valence-corrected chi connectivity index (χ3v) is 3.61. The lowest BCUT2D eigenvalue weighted by Crippen LogP contribution is -2.49. The van der Waals surface area contributed by atoms with Crippen LogP contribution in [0.25, 0.3) is 0 Å². The van der Waals surface area contributed by atoms with E-state index in [0.29, 0.717) is 12.6 Å². The van der Waals surface area contributed by atoms with E-state index in [1.807, 2.05) is 0 Å². The smallest absolute Gasteiger partial charge is 0.0448 e. The molecule has 0 radical (unpaired) electrons. The number of aliphatic hydroxyl groups excluding tert-OH is 1. The Kier molecular flexibility index (Phi) is 4.39. The normalized spacial score (nSPS) is 23.1. The van der Waals surface area contributed by atoms with Crippen molar-refractivity contribution >= 4 is 0 Å². The standard InChI is InChI=1S/C12H25NO/c1-4-11(10-6-7-10)13-12(3,5-2)8-9-14/h10-11,13-14H,4-9H2,1-3H3. The molecule has 0 aromatic carbocycles. The molecule has 0 bridgehead atoms. The van der Waals surface area contributed by atoms with Crippen molar-refractivity contribution in [3.63, 3.8) is 0 Å². The minimum atomic E-state index is 0.137. The third kappa shape index (κ3) is 3.25. The molecule has 0 aromatic rings. The van der Waals surface area contributed by atoms with E-state index in [0.717, 1.165) is 18.8 Å². The zero-order valence-electron chi connectivity index (χ0n) is 9.84. The molecule has 0 saturated heterocycles. The molecular formula is C12H25NO. The third-order valence-electron chi connectivity index (χ3n) is 3.61. The highest BCUT2D eigenvalue weighted by atomic mass is 16.3. The van der Waals surface area contributed by atoms with E-state index in [2.05, 4.69) is 26.1 Å². The summed E-state index contributed by atoms with van der Waals surface area (Å²) in [5, 5.41) is 12.8. The molecule has 84 valence electrons. The SMILES string of the molecule is CCC(NC(C)(CC)CCO)C1CC1. The van der Waals surface area contributed by atoms with Crippen LogP contribution in [-0.4, -0.2) is 23.3 Å². The van der Waals surface area contributed by atoms with Crippen molar-refractivity contribution in [3.8, 4) is 0 Å². The summed E-state index contributed by atoms with van der Waals surface area (Å²) in [4.78, 5) is 0. The van der Waals surface area contributed by atoms with Crippen LogP contribution in [0, 0.1) is 5.92 Å². The monoisotopic (exact) mass is 199 g/mol. The first-order valence-corrected chi connectivity index (χ1v) is 6.03. The number of hydrogen-bond acceptors (Lipinski definition) is 2. The van der Waals surface area contributed by atoms with E-state index in [-0.39, 0.29) is 5.54 Å². The quantitative estimate of drug-likeness (QED) is 0.659. The van der Waals surface area contributed by atoms with E-state index in [4.69, 9.17) is 5.11 Å². The Morgan fingerprint density at radius 3 is 2.43 bits per heavy atom. The molecule has 0 amide bonds. The molecule has 2 atom stereocenters. The Bertz CT molecular complexity index is 168.